The molecule has 0 saturated carbocycles. The Kier molecular flexibility index (Phi) is 8.60. The summed E-state index contributed by atoms with van der Waals surface area (Å²) in [5, 5.41) is 12.5. The first kappa shape index (κ1) is 26.9. The van der Waals surface area contributed by atoms with Crippen molar-refractivity contribution < 1.29 is 23.9 Å². The molecule has 3 heterocycles. The number of H-pyrrole nitrogens is 1. The van der Waals surface area contributed by atoms with Gasteiger partial charge in [-0.25, -0.2) is 4.79 Å². The van der Waals surface area contributed by atoms with Crippen LogP contribution in [0.15, 0.2) is 54.6 Å². The summed E-state index contributed by atoms with van der Waals surface area (Å²) in [5.41, 5.74) is 3.84. The molecule has 3 N–H and O–H groups in total. The van der Waals surface area contributed by atoms with Crippen molar-refractivity contribution in [2.45, 2.75) is 16.9 Å². The third-order valence-electron chi connectivity index (χ3n) is 6.82. The number of aromatic nitrogens is 2. The van der Waals surface area contributed by atoms with Crippen LogP contribution < -0.4 is 10.6 Å². The summed E-state index contributed by atoms with van der Waals surface area (Å²) < 4.78 is 10.2. The Morgan fingerprint density at radius 3 is 2.59 bits per heavy atom. The second-order valence-corrected chi connectivity index (χ2v) is 10.7. The molecule has 2 atom stereocenters. The zero-order chi connectivity index (χ0) is 27.2. The molecule has 0 bridgehead atoms. The van der Waals surface area contributed by atoms with Gasteiger partial charge in [0.15, 0.2) is 5.82 Å². The first-order valence-corrected chi connectivity index (χ1v) is 13.8. The fourth-order valence-corrected chi connectivity index (χ4v) is 6.17. The summed E-state index contributed by atoms with van der Waals surface area (Å²) in [4.78, 5) is 40.4. The van der Waals surface area contributed by atoms with Crippen molar-refractivity contribution in [2.75, 3.05) is 51.8 Å². The third-order valence-corrected chi connectivity index (χ3v) is 8.31. The Balaban J connectivity index is 1.38. The minimum absolute atomic E-state index is 0.0328. The normalized spacial score (nSPS) is 19.5. The van der Waals surface area contributed by atoms with Crippen LogP contribution >= 0.6 is 11.8 Å². The van der Waals surface area contributed by atoms with Crippen molar-refractivity contribution in [1.29, 1.82) is 0 Å². The van der Waals surface area contributed by atoms with E-state index in [-0.39, 0.29) is 23.5 Å². The molecule has 0 aliphatic carbocycles. The van der Waals surface area contributed by atoms with Crippen molar-refractivity contribution in [1.82, 2.24) is 20.4 Å². The standard InChI is InChI=1S/C28H31N5O5S/c1-37-28(36)20-9-7-19(8-10-20)25-23-24(18-5-3-2-4-6-18)31-32-26(23)30-27(35)21(39-25)17-22(34)29-11-12-33-13-15-38-16-14-33/h2-10,21,25H,11-17H2,1H3,(H,29,34)(H2,30,31,32,35). The van der Waals surface area contributed by atoms with E-state index in [1.54, 1.807) is 12.1 Å². The van der Waals surface area contributed by atoms with E-state index in [0.717, 1.165) is 42.0 Å². The van der Waals surface area contributed by atoms with Crippen LogP contribution in [-0.4, -0.2) is 84.6 Å². The van der Waals surface area contributed by atoms with Gasteiger partial charge >= 0.3 is 5.97 Å². The van der Waals surface area contributed by atoms with Crippen LogP contribution in [0.3, 0.4) is 0 Å². The number of methoxy groups -OCH3 is 1. The second-order valence-electron chi connectivity index (χ2n) is 9.34. The van der Waals surface area contributed by atoms with Gasteiger partial charge in [-0.2, -0.15) is 5.10 Å². The maximum Gasteiger partial charge on any atom is 0.337 e. The van der Waals surface area contributed by atoms with Crippen LogP contribution in [0.4, 0.5) is 5.82 Å². The average molecular weight is 550 g/mol. The van der Waals surface area contributed by atoms with Gasteiger partial charge < -0.3 is 20.1 Å². The smallest absolute Gasteiger partial charge is 0.337 e. The van der Waals surface area contributed by atoms with Crippen molar-refractivity contribution >= 4 is 35.4 Å². The molecule has 204 valence electrons. The molecule has 11 heteroatoms. The molecule has 2 aliphatic heterocycles. The van der Waals surface area contributed by atoms with E-state index < -0.39 is 11.2 Å². The predicted molar refractivity (Wildman–Crippen MR) is 149 cm³/mol. The Labute approximate surface area is 230 Å². The number of amides is 2. The van der Waals surface area contributed by atoms with Crippen LogP contribution in [0.5, 0.6) is 0 Å². The average Bonchev–Trinajstić information content (AvgIpc) is 3.33. The number of thioether (sulfide) groups is 1. The Bertz CT molecular complexity index is 1310. The lowest BCUT2D eigenvalue weighted by Gasteiger charge is -2.26. The quantitative estimate of drug-likeness (QED) is 0.367. The van der Waals surface area contributed by atoms with E-state index in [2.05, 4.69) is 25.7 Å². The number of benzene rings is 2. The molecule has 2 aromatic carbocycles. The number of rotatable bonds is 8. The lowest BCUT2D eigenvalue weighted by atomic mass is 9.99. The number of ether oxygens (including phenoxy) is 2. The Morgan fingerprint density at radius 2 is 1.87 bits per heavy atom. The van der Waals surface area contributed by atoms with Gasteiger partial charge in [0.2, 0.25) is 11.8 Å². The lowest BCUT2D eigenvalue weighted by Crippen LogP contribution is -2.42. The zero-order valence-electron chi connectivity index (χ0n) is 21.6. The van der Waals surface area contributed by atoms with Crippen LogP contribution in [0.2, 0.25) is 0 Å². The maximum absolute atomic E-state index is 13.3. The Morgan fingerprint density at radius 1 is 1.13 bits per heavy atom. The molecular weight excluding hydrogens is 518 g/mol. The van der Waals surface area contributed by atoms with Gasteiger partial charge in [0.25, 0.3) is 0 Å². The molecule has 1 saturated heterocycles. The van der Waals surface area contributed by atoms with Crippen molar-refractivity contribution in [3.63, 3.8) is 0 Å². The number of carbonyl (C=O) groups is 3. The SMILES string of the molecule is COC(=O)c1ccc(C2SC(CC(=O)NCCN3CCOCC3)C(=O)Nc3n[nH]c(-c4ccccc4)c32)cc1. The van der Waals surface area contributed by atoms with E-state index in [4.69, 9.17) is 9.47 Å². The highest BCUT2D eigenvalue weighted by Gasteiger charge is 2.36. The molecule has 2 unspecified atom stereocenters. The van der Waals surface area contributed by atoms with E-state index in [9.17, 15) is 14.4 Å². The molecule has 0 spiro atoms. The summed E-state index contributed by atoms with van der Waals surface area (Å²) in [7, 11) is 1.34. The summed E-state index contributed by atoms with van der Waals surface area (Å²) >= 11 is 1.40. The topological polar surface area (TPSA) is 126 Å². The summed E-state index contributed by atoms with van der Waals surface area (Å²) in [6.45, 7) is 4.35. The fraction of sp³-hybridized carbons (Fsp3) is 0.357. The van der Waals surface area contributed by atoms with E-state index in [1.807, 2.05) is 42.5 Å². The highest BCUT2D eigenvalue weighted by Crippen LogP contribution is 2.47. The Hall–Kier alpha value is -3.67. The van der Waals surface area contributed by atoms with Gasteiger partial charge in [-0.05, 0) is 23.3 Å². The largest absolute Gasteiger partial charge is 0.465 e. The maximum atomic E-state index is 13.3. The molecule has 39 heavy (non-hydrogen) atoms. The van der Waals surface area contributed by atoms with E-state index in [0.29, 0.717) is 31.1 Å². The van der Waals surface area contributed by atoms with Gasteiger partial charge in [-0.15, -0.1) is 11.8 Å². The number of aromatic amines is 1. The highest BCUT2D eigenvalue weighted by atomic mass is 32.2. The first-order chi connectivity index (χ1) is 19.0. The molecule has 1 fully saturated rings. The molecule has 3 aromatic rings. The monoisotopic (exact) mass is 549 g/mol. The summed E-state index contributed by atoms with van der Waals surface area (Å²) in [6.07, 6.45) is 0.0328. The zero-order valence-corrected chi connectivity index (χ0v) is 22.5. The number of nitrogens with one attached hydrogen (secondary N) is 3. The number of hydrogen-bond acceptors (Lipinski definition) is 8. The summed E-state index contributed by atoms with van der Waals surface area (Å²) in [6, 6.07) is 16.9. The van der Waals surface area contributed by atoms with Crippen LogP contribution in [0, 0.1) is 0 Å². The van der Waals surface area contributed by atoms with Crippen LogP contribution in [-0.2, 0) is 19.1 Å². The molecule has 5 rings (SSSR count). The third kappa shape index (κ3) is 6.32. The molecule has 1 aromatic heterocycles. The van der Waals surface area contributed by atoms with Gasteiger partial charge in [-0.3, -0.25) is 19.6 Å². The van der Waals surface area contributed by atoms with Gasteiger partial charge in [0, 0.05) is 38.2 Å². The van der Waals surface area contributed by atoms with Crippen molar-refractivity contribution in [3.8, 4) is 11.3 Å². The number of hydrogen-bond donors (Lipinski definition) is 3. The number of fused-ring (bicyclic) bond motifs is 1. The first-order valence-electron chi connectivity index (χ1n) is 12.9. The lowest BCUT2D eigenvalue weighted by molar-refractivity contribution is -0.124. The van der Waals surface area contributed by atoms with Gasteiger partial charge in [-0.1, -0.05) is 42.5 Å². The second kappa shape index (κ2) is 12.5. The minimum Gasteiger partial charge on any atom is -0.465 e. The van der Waals surface area contributed by atoms with Crippen molar-refractivity contribution in [2.24, 2.45) is 0 Å². The van der Waals surface area contributed by atoms with Gasteiger partial charge in [0.05, 0.1) is 42.1 Å². The molecule has 0 radical (unpaired) electrons. The van der Waals surface area contributed by atoms with Gasteiger partial charge in [0.1, 0.15) is 0 Å². The molecule has 2 aliphatic rings. The van der Waals surface area contributed by atoms with Crippen LogP contribution in [0.1, 0.15) is 33.2 Å². The number of nitrogens with zero attached hydrogens (tertiary/aromatic N) is 2. The van der Waals surface area contributed by atoms with Crippen molar-refractivity contribution in [3.05, 3.63) is 71.3 Å². The minimum atomic E-state index is -0.642. The fourth-order valence-electron chi connectivity index (χ4n) is 4.73. The van der Waals surface area contributed by atoms with E-state index >= 15 is 0 Å². The molecular formula is C28H31N5O5S. The number of morpholine rings is 1. The number of carbonyl (C=O) groups excluding carboxylic acids is 3. The number of esters is 1. The molecule has 2 amide bonds. The predicted octanol–water partition coefficient (Wildman–Crippen LogP) is 2.85. The number of anilines is 1. The summed E-state index contributed by atoms with van der Waals surface area (Å²) in [5.74, 6) is -0.444. The highest BCUT2D eigenvalue weighted by molar-refractivity contribution is 8.01. The van der Waals surface area contributed by atoms with Crippen LogP contribution in [0.25, 0.3) is 11.3 Å². The molecule has 10 nitrogen and oxygen atoms in total. The van der Waals surface area contributed by atoms with E-state index in [1.165, 1.54) is 18.9 Å².